The van der Waals surface area contributed by atoms with Gasteiger partial charge in [0.15, 0.2) is 0 Å². The van der Waals surface area contributed by atoms with Crippen LogP contribution in [-0.4, -0.2) is 24.5 Å². The SMILES string of the molecule is CC(C(=O)NC12CCC1CNC2)C(C)(C)C. The number of hydrogen-bond donors (Lipinski definition) is 2. The van der Waals surface area contributed by atoms with Gasteiger partial charge in [0.1, 0.15) is 0 Å². The van der Waals surface area contributed by atoms with Gasteiger partial charge >= 0.3 is 0 Å². The maximum atomic E-state index is 12.2. The molecule has 3 heteroatoms. The van der Waals surface area contributed by atoms with Crippen LogP contribution in [0.5, 0.6) is 0 Å². The van der Waals surface area contributed by atoms with Crippen molar-refractivity contribution in [2.45, 2.75) is 46.1 Å². The summed E-state index contributed by atoms with van der Waals surface area (Å²) in [6.45, 7) is 10.4. The molecular weight excluding hydrogens is 200 g/mol. The van der Waals surface area contributed by atoms with Crippen LogP contribution in [0.15, 0.2) is 0 Å². The van der Waals surface area contributed by atoms with Crippen molar-refractivity contribution in [1.82, 2.24) is 10.6 Å². The number of nitrogens with one attached hydrogen (secondary N) is 2. The second-order valence-electron chi connectivity index (χ2n) is 6.60. The Morgan fingerprint density at radius 2 is 2.19 bits per heavy atom. The molecule has 1 saturated carbocycles. The fourth-order valence-electron chi connectivity index (χ4n) is 2.65. The van der Waals surface area contributed by atoms with Gasteiger partial charge in [-0.2, -0.15) is 0 Å². The number of carbonyl (C=O) groups excluding carboxylic acids is 1. The fraction of sp³-hybridized carbons (Fsp3) is 0.923. The maximum absolute atomic E-state index is 12.2. The van der Waals surface area contributed by atoms with Gasteiger partial charge in [0.25, 0.3) is 0 Å². The molecule has 0 spiro atoms. The van der Waals surface area contributed by atoms with Crippen LogP contribution >= 0.6 is 0 Å². The number of hydrogen-bond acceptors (Lipinski definition) is 2. The number of fused-ring (bicyclic) bond motifs is 1. The molecule has 3 unspecified atom stereocenters. The second-order valence-corrected chi connectivity index (χ2v) is 6.60. The van der Waals surface area contributed by atoms with E-state index in [4.69, 9.17) is 0 Å². The average Bonchev–Trinajstić information content (AvgIpc) is 2.42. The Bertz CT molecular complexity index is 295. The van der Waals surface area contributed by atoms with Crippen molar-refractivity contribution in [3.05, 3.63) is 0 Å². The van der Waals surface area contributed by atoms with Gasteiger partial charge in [-0.15, -0.1) is 0 Å². The standard InChI is InChI=1S/C13H24N2O/c1-9(12(2,3)4)11(16)15-13-6-5-10(13)7-14-8-13/h9-10,14H,5-8H2,1-4H3,(H,15,16). The lowest BCUT2D eigenvalue weighted by atomic mass is 9.68. The predicted molar refractivity (Wildman–Crippen MR) is 65.1 cm³/mol. The third-order valence-electron chi connectivity index (χ3n) is 4.62. The summed E-state index contributed by atoms with van der Waals surface area (Å²) in [5.41, 5.74) is 0.141. The normalized spacial score (nSPS) is 35.1. The minimum atomic E-state index is 0.0476. The minimum absolute atomic E-state index is 0.0476. The molecule has 2 rings (SSSR count). The number of rotatable bonds is 2. The summed E-state index contributed by atoms with van der Waals surface area (Å²) >= 11 is 0. The van der Waals surface area contributed by atoms with E-state index in [1.165, 1.54) is 6.42 Å². The first-order valence-electron chi connectivity index (χ1n) is 6.38. The largest absolute Gasteiger partial charge is 0.349 e. The molecule has 1 aliphatic carbocycles. The van der Waals surface area contributed by atoms with Gasteiger partial charge < -0.3 is 10.6 Å². The van der Waals surface area contributed by atoms with Crippen LogP contribution in [0.1, 0.15) is 40.5 Å². The Balaban J connectivity index is 1.98. The number of amides is 1. The molecule has 2 aliphatic rings. The first kappa shape index (κ1) is 11.9. The zero-order chi connectivity index (χ0) is 12.0. The van der Waals surface area contributed by atoms with Crippen molar-refractivity contribution in [2.24, 2.45) is 17.3 Å². The van der Waals surface area contributed by atoms with Crippen LogP contribution in [0, 0.1) is 17.3 Å². The van der Waals surface area contributed by atoms with E-state index in [9.17, 15) is 4.79 Å². The highest BCUT2D eigenvalue weighted by Gasteiger charge is 2.51. The van der Waals surface area contributed by atoms with Crippen LogP contribution in [0.4, 0.5) is 0 Å². The molecule has 92 valence electrons. The lowest BCUT2D eigenvalue weighted by molar-refractivity contribution is -0.131. The molecule has 2 fully saturated rings. The van der Waals surface area contributed by atoms with E-state index >= 15 is 0 Å². The van der Waals surface area contributed by atoms with E-state index in [0.717, 1.165) is 19.5 Å². The summed E-state index contributed by atoms with van der Waals surface area (Å²) in [5, 5.41) is 6.69. The van der Waals surface area contributed by atoms with Gasteiger partial charge in [-0.05, 0) is 24.2 Å². The van der Waals surface area contributed by atoms with Gasteiger partial charge in [-0.25, -0.2) is 0 Å². The molecule has 1 aliphatic heterocycles. The van der Waals surface area contributed by atoms with Gasteiger partial charge in [-0.1, -0.05) is 27.7 Å². The minimum Gasteiger partial charge on any atom is -0.349 e. The molecule has 1 amide bonds. The molecule has 0 aromatic heterocycles. The highest BCUT2D eigenvalue weighted by Crippen LogP contribution is 2.41. The van der Waals surface area contributed by atoms with Crippen LogP contribution in [0.2, 0.25) is 0 Å². The molecule has 0 radical (unpaired) electrons. The third kappa shape index (κ3) is 1.86. The van der Waals surface area contributed by atoms with Crippen molar-refractivity contribution in [3.8, 4) is 0 Å². The second kappa shape index (κ2) is 3.73. The Morgan fingerprint density at radius 3 is 2.62 bits per heavy atom. The lowest BCUT2D eigenvalue weighted by Crippen LogP contribution is -2.61. The van der Waals surface area contributed by atoms with E-state index in [-0.39, 0.29) is 22.8 Å². The topological polar surface area (TPSA) is 41.1 Å². The monoisotopic (exact) mass is 224 g/mol. The maximum Gasteiger partial charge on any atom is 0.223 e. The van der Waals surface area contributed by atoms with Crippen LogP contribution in [-0.2, 0) is 4.79 Å². The molecular formula is C13H24N2O. The number of carbonyl (C=O) groups is 1. The van der Waals surface area contributed by atoms with Crippen LogP contribution < -0.4 is 10.6 Å². The predicted octanol–water partition coefficient (Wildman–Crippen LogP) is 1.54. The molecule has 0 aromatic rings. The average molecular weight is 224 g/mol. The van der Waals surface area contributed by atoms with E-state index < -0.39 is 0 Å². The van der Waals surface area contributed by atoms with Crippen LogP contribution in [0.25, 0.3) is 0 Å². The first-order chi connectivity index (χ1) is 7.35. The summed E-state index contributed by atoms with van der Waals surface area (Å²) < 4.78 is 0. The molecule has 2 N–H and O–H groups in total. The highest BCUT2D eigenvalue weighted by molar-refractivity contribution is 5.80. The van der Waals surface area contributed by atoms with Crippen molar-refractivity contribution in [2.75, 3.05) is 13.1 Å². The zero-order valence-corrected chi connectivity index (χ0v) is 10.9. The van der Waals surface area contributed by atoms with E-state index in [2.05, 4.69) is 31.4 Å². The summed E-state index contributed by atoms with van der Waals surface area (Å²) in [6, 6.07) is 0. The summed E-state index contributed by atoms with van der Waals surface area (Å²) in [7, 11) is 0. The third-order valence-corrected chi connectivity index (χ3v) is 4.62. The Hall–Kier alpha value is -0.570. The molecule has 16 heavy (non-hydrogen) atoms. The van der Waals surface area contributed by atoms with Gasteiger partial charge in [0, 0.05) is 19.0 Å². The van der Waals surface area contributed by atoms with Crippen molar-refractivity contribution >= 4 is 5.91 Å². The molecule has 3 atom stereocenters. The molecule has 0 bridgehead atoms. The molecule has 3 nitrogen and oxygen atoms in total. The lowest BCUT2D eigenvalue weighted by Gasteiger charge is -2.46. The van der Waals surface area contributed by atoms with Gasteiger partial charge in [0.05, 0.1) is 5.54 Å². The Morgan fingerprint density at radius 1 is 1.50 bits per heavy atom. The molecule has 1 saturated heterocycles. The van der Waals surface area contributed by atoms with E-state index in [0.29, 0.717) is 5.92 Å². The van der Waals surface area contributed by atoms with Crippen molar-refractivity contribution in [1.29, 1.82) is 0 Å². The smallest absolute Gasteiger partial charge is 0.223 e. The van der Waals surface area contributed by atoms with E-state index in [1.54, 1.807) is 0 Å². The zero-order valence-electron chi connectivity index (χ0n) is 10.9. The van der Waals surface area contributed by atoms with Crippen molar-refractivity contribution < 1.29 is 4.79 Å². The highest BCUT2D eigenvalue weighted by atomic mass is 16.2. The van der Waals surface area contributed by atoms with Gasteiger partial charge in [0.2, 0.25) is 5.91 Å². The summed E-state index contributed by atoms with van der Waals surface area (Å²) in [4.78, 5) is 12.2. The summed E-state index contributed by atoms with van der Waals surface area (Å²) in [6.07, 6.45) is 2.41. The van der Waals surface area contributed by atoms with Crippen molar-refractivity contribution in [3.63, 3.8) is 0 Å². The van der Waals surface area contributed by atoms with E-state index in [1.807, 2.05) is 6.92 Å². The quantitative estimate of drug-likeness (QED) is 0.747. The van der Waals surface area contributed by atoms with Gasteiger partial charge in [-0.3, -0.25) is 4.79 Å². The summed E-state index contributed by atoms with van der Waals surface area (Å²) in [5.74, 6) is 0.966. The van der Waals surface area contributed by atoms with Crippen LogP contribution in [0.3, 0.4) is 0 Å². The first-order valence-corrected chi connectivity index (χ1v) is 6.38. The molecule has 0 aromatic carbocycles. The Labute approximate surface area is 98.4 Å². The molecule has 1 heterocycles. The fourth-order valence-corrected chi connectivity index (χ4v) is 2.65. The Kier molecular flexibility index (Phi) is 2.77.